The number of benzene rings is 1. The maximum atomic E-state index is 10.3. The number of aliphatic carboxylic acids is 3. The molecule has 0 spiro atoms. The Labute approximate surface area is 170 Å². The predicted octanol–water partition coefficient (Wildman–Crippen LogP) is 0.548. The molecule has 0 saturated carbocycles. The van der Waals surface area contributed by atoms with Crippen molar-refractivity contribution in [1.29, 1.82) is 0 Å². The second kappa shape index (κ2) is 9.69. The summed E-state index contributed by atoms with van der Waals surface area (Å²) in [5.74, 6) is -5.02. The Kier molecular flexibility index (Phi) is 7.31. The van der Waals surface area contributed by atoms with Gasteiger partial charge in [0.15, 0.2) is 5.60 Å². The second-order valence-electron chi connectivity index (χ2n) is 6.58. The highest BCUT2D eigenvalue weighted by Gasteiger charge is 2.40. The van der Waals surface area contributed by atoms with Crippen LogP contribution >= 0.6 is 0 Å². The Morgan fingerprint density at radius 1 is 1.20 bits per heavy atom. The van der Waals surface area contributed by atoms with Crippen LogP contribution in [0.3, 0.4) is 0 Å². The number of aromatic amines is 1. The quantitative estimate of drug-likeness (QED) is 0.351. The van der Waals surface area contributed by atoms with E-state index in [2.05, 4.69) is 39.7 Å². The number of anilines is 1. The van der Waals surface area contributed by atoms with Crippen LogP contribution < -0.4 is 5.43 Å². The lowest BCUT2D eigenvalue weighted by atomic mass is 9.96. The molecule has 1 aliphatic heterocycles. The predicted molar refractivity (Wildman–Crippen MR) is 106 cm³/mol. The number of carboxylic acid groups (broad SMARTS) is 3. The number of nitrogens with zero attached hydrogens (tertiary/aromatic N) is 3. The Morgan fingerprint density at radius 2 is 1.87 bits per heavy atom. The number of fused-ring (bicyclic) bond motifs is 1. The standard InChI is InChI=1S/C12H15N5.C6H8O7/c1-2-10-11(16-17-6-5-13-8-17)4-3-9-7-14-15-12(9)10;7-3(8)1-6(13,5(11)12)2-4(9)10/h3-4,7-8,16H,2,5-6H2,1H3,(H,14,15);13H,1-2H2,(H,7,8)(H,9,10)(H,11,12). The van der Waals surface area contributed by atoms with E-state index >= 15 is 0 Å². The fourth-order valence-electron chi connectivity index (χ4n) is 2.88. The number of rotatable bonds is 8. The third kappa shape index (κ3) is 5.67. The van der Waals surface area contributed by atoms with Gasteiger partial charge in [0.05, 0.1) is 43.3 Å². The molecule has 12 heteroatoms. The van der Waals surface area contributed by atoms with Crippen LogP contribution in [0.5, 0.6) is 0 Å². The molecular weight excluding hydrogens is 398 g/mol. The molecule has 2 heterocycles. The lowest BCUT2D eigenvalue weighted by molar-refractivity contribution is -0.170. The van der Waals surface area contributed by atoms with Gasteiger partial charge in [-0.05, 0) is 18.6 Å². The number of hydrogen-bond donors (Lipinski definition) is 6. The van der Waals surface area contributed by atoms with Crippen molar-refractivity contribution in [3.05, 3.63) is 23.9 Å². The summed E-state index contributed by atoms with van der Waals surface area (Å²) in [5.41, 5.74) is 4.15. The highest BCUT2D eigenvalue weighted by Crippen LogP contribution is 2.25. The average Bonchev–Trinajstić information content (AvgIpc) is 3.32. The summed E-state index contributed by atoms with van der Waals surface area (Å²) >= 11 is 0. The van der Waals surface area contributed by atoms with Gasteiger partial charge in [-0.3, -0.25) is 30.1 Å². The lowest BCUT2D eigenvalue weighted by Gasteiger charge is -2.19. The molecule has 0 saturated heterocycles. The van der Waals surface area contributed by atoms with Crippen LogP contribution in [0.15, 0.2) is 23.3 Å². The van der Waals surface area contributed by atoms with Crippen LogP contribution in [0.4, 0.5) is 5.69 Å². The minimum atomic E-state index is -2.74. The number of nitrogens with one attached hydrogen (secondary N) is 2. The molecule has 1 aliphatic rings. The van der Waals surface area contributed by atoms with E-state index in [1.807, 2.05) is 17.5 Å². The summed E-state index contributed by atoms with van der Waals surface area (Å²) in [6, 6.07) is 4.18. The normalized spacial score (nSPS) is 13.1. The lowest BCUT2D eigenvalue weighted by Crippen LogP contribution is -2.42. The van der Waals surface area contributed by atoms with Gasteiger partial charge < -0.3 is 20.4 Å². The van der Waals surface area contributed by atoms with Crippen molar-refractivity contribution in [2.45, 2.75) is 31.8 Å². The topological polar surface area (TPSA) is 188 Å². The Balaban J connectivity index is 0.000000224. The fourth-order valence-corrected chi connectivity index (χ4v) is 2.88. The second-order valence-corrected chi connectivity index (χ2v) is 6.58. The summed E-state index contributed by atoms with van der Waals surface area (Å²) in [6.45, 7) is 3.93. The number of aliphatic imine (C=N–C) groups is 1. The molecule has 1 aromatic carbocycles. The van der Waals surface area contributed by atoms with E-state index in [0.29, 0.717) is 0 Å². The minimum Gasteiger partial charge on any atom is -0.481 e. The zero-order chi connectivity index (χ0) is 22.3. The van der Waals surface area contributed by atoms with Gasteiger partial charge in [-0.25, -0.2) is 4.79 Å². The maximum absolute atomic E-state index is 10.3. The molecule has 0 bridgehead atoms. The van der Waals surface area contributed by atoms with Crippen LogP contribution in [0, 0.1) is 0 Å². The fraction of sp³-hybridized carbons (Fsp3) is 0.389. The summed E-state index contributed by atoms with van der Waals surface area (Å²) in [6.07, 6.45) is 2.38. The van der Waals surface area contributed by atoms with Crippen molar-refractivity contribution >= 4 is 40.8 Å². The number of H-pyrrole nitrogens is 1. The summed E-state index contributed by atoms with van der Waals surface area (Å²) in [7, 11) is 0. The highest BCUT2D eigenvalue weighted by atomic mass is 16.4. The van der Waals surface area contributed by atoms with Gasteiger partial charge in [-0.15, -0.1) is 0 Å². The van der Waals surface area contributed by atoms with Crippen LogP contribution in [0.1, 0.15) is 25.3 Å². The molecule has 0 fully saturated rings. The Morgan fingerprint density at radius 3 is 2.37 bits per heavy atom. The van der Waals surface area contributed by atoms with Crippen molar-refractivity contribution < 1.29 is 34.8 Å². The molecule has 3 rings (SSSR count). The van der Waals surface area contributed by atoms with Gasteiger partial charge in [-0.1, -0.05) is 6.92 Å². The zero-order valence-electron chi connectivity index (χ0n) is 16.2. The first kappa shape index (κ1) is 22.6. The third-order valence-electron chi connectivity index (χ3n) is 4.32. The van der Waals surface area contributed by atoms with E-state index in [0.717, 1.165) is 36.1 Å². The first-order valence-corrected chi connectivity index (χ1v) is 9.04. The molecule has 0 radical (unpaired) electrons. The van der Waals surface area contributed by atoms with Crippen molar-refractivity contribution in [2.75, 3.05) is 18.5 Å². The molecule has 0 amide bonds. The molecule has 0 aliphatic carbocycles. The van der Waals surface area contributed by atoms with Gasteiger partial charge in [0.2, 0.25) is 0 Å². The monoisotopic (exact) mass is 421 g/mol. The Hall–Kier alpha value is -3.67. The van der Waals surface area contributed by atoms with Crippen molar-refractivity contribution in [3.8, 4) is 0 Å². The number of carboxylic acids is 3. The largest absolute Gasteiger partial charge is 0.481 e. The molecule has 6 N–H and O–H groups in total. The molecule has 0 atom stereocenters. The number of aliphatic hydroxyl groups is 1. The van der Waals surface area contributed by atoms with E-state index < -0.39 is 36.4 Å². The van der Waals surface area contributed by atoms with Gasteiger partial charge in [0.1, 0.15) is 6.34 Å². The molecular formula is C18H23N5O7. The smallest absolute Gasteiger partial charge is 0.336 e. The van der Waals surface area contributed by atoms with Crippen LogP contribution in [0.25, 0.3) is 10.9 Å². The Bertz CT molecular complexity index is 940. The van der Waals surface area contributed by atoms with Crippen LogP contribution in [-0.2, 0) is 20.8 Å². The number of hydrazine groups is 1. The SMILES string of the molecule is CCc1c(NN2C=NCC2)ccc2cn[nH]c12.O=C(O)CC(O)(CC(=O)O)C(=O)O. The zero-order valence-corrected chi connectivity index (χ0v) is 16.2. The summed E-state index contributed by atoms with van der Waals surface area (Å²) < 4.78 is 0. The summed E-state index contributed by atoms with van der Waals surface area (Å²) in [5, 5.41) is 44.1. The number of hydrogen-bond acceptors (Lipinski definition) is 8. The van der Waals surface area contributed by atoms with Gasteiger partial charge >= 0.3 is 17.9 Å². The maximum Gasteiger partial charge on any atom is 0.336 e. The molecule has 0 unspecified atom stereocenters. The van der Waals surface area contributed by atoms with E-state index in [1.54, 1.807) is 0 Å². The van der Waals surface area contributed by atoms with Crippen LogP contribution in [-0.4, -0.2) is 78.6 Å². The first-order valence-electron chi connectivity index (χ1n) is 9.04. The number of aryl methyl sites for hydroxylation is 1. The van der Waals surface area contributed by atoms with E-state index in [-0.39, 0.29) is 0 Å². The summed E-state index contributed by atoms with van der Waals surface area (Å²) in [4.78, 5) is 34.7. The third-order valence-corrected chi connectivity index (χ3v) is 4.32. The molecule has 2 aromatic rings. The van der Waals surface area contributed by atoms with Gasteiger partial charge in [-0.2, -0.15) is 5.10 Å². The van der Waals surface area contributed by atoms with E-state index in [4.69, 9.17) is 20.4 Å². The van der Waals surface area contributed by atoms with E-state index in [1.165, 1.54) is 5.56 Å². The number of carbonyl (C=O) groups is 3. The van der Waals surface area contributed by atoms with Crippen molar-refractivity contribution in [1.82, 2.24) is 15.2 Å². The van der Waals surface area contributed by atoms with Crippen molar-refractivity contribution in [2.24, 2.45) is 4.99 Å². The molecule has 30 heavy (non-hydrogen) atoms. The molecule has 162 valence electrons. The van der Waals surface area contributed by atoms with Gasteiger partial charge in [0.25, 0.3) is 0 Å². The average molecular weight is 421 g/mol. The highest BCUT2D eigenvalue weighted by molar-refractivity contribution is 5.88. The molecule has 1 aromatic heterocycles. The van der Waals surface area contributed by atoms with Gasteiger partial charge in [0, 0.05) is 10.9 Å². The van der Waals surface area contributed by atoms with Crippen molar-refractivity contribution in [3.63, 3.8) is 0 Å². The molecule has 12 nitrogen and oxygen atoms in total. The van der Waals surface area contributed by atoms with E-state index in [9.17, 15) is 14.4 Å². The van der Waals surface area contributed by atoms with Crippen LogP contribution in [0.2, 0.25) is 0 Å². The first-order chi connectivity index (χ1) is 14.2. The minimum absolute atomic E-state index is 0.862. The number of aromatic nitrogens is 2.